The molecule has 0 aliphatic heterocycles. The van der Waals surface area contributed by atoms with E-state index < -0.39 is 0 Å². The maximum absolute atomic E-state index is 12.4. The predicted octanol–water partition coefficient (Wildman–Crippen LogP) is 3.13. The van der Waals surface area contributed by atoms with Crippen LogP contribution in [0.5, 0.6) is 11.5 Å². The molecular weight excluding hydrogens is 254 g/mol. The smallest absolute Gasteiger partial charge is 0.254 e. The highest BCUT2D eigenvalue weighted by molar-refractivity contribution is 5.95. The fourth-order valence-electron chi connectivity index (χ4n) is 1.89. The predicted molar refractivity (Wildman–Crippen MR) is 80.6 cm³/mol. The molecule has 1 amide bonds. The van der Waals surface area contributed by atoms with Crippen molar-refractivity contribution in [3.63, 3.8) is 0 Å². The van der Waals surface area contributed by atoms with Gasteiger partial charge >= 0.3 is 0 Å². The molecule has 0 aliphatic carbocycles. The Kier molecular flexibility index (Phi) is 6.64. The summed E-state index contributed by atoms with van der Waals surface area (Å²) in [6.45, 7) is 11.7. The minimum Gasteiger partial charge on any atom is -0.494 e. The van der Waals surface area contributed by atoms with Crippen molar-refractivity contribution in [3.8, 4) is 11.5 Å². The highest BCUT2D eigenvalue weighted by Gasteiger charge is 2.15. The number of nitrogens with zero attached hydrogens (tertiary/aromatic N) is 1. The van der Waals surface area contributed by atoms with Gasteiger partial charge in [-0.05, 0) is 32.9 Å². The van der Waals surface area contributed by atoms with Gasteiger partial charge in [0.25, 0.3) is 5.91 Å². The Bertz CT molecular complexity index is 433. The van der Waals surface area contributed by atoms with Crippen LogP contribution in [0.1, 0.15) is 31.1 Å². The molecule has 110 valence electrons. The largest absolute Gasteiger partial charge is 0.494 e. The van der Waals surface area contributed by atoms with Gasteiger partial charge in [-0.1, -0.05) is 6.08 Å². The molecule has 0 aliphatic rings. The molecule has 0 radical (unpaired) electrons. The Morgan fingerprint density at radius 1 is 1.15 bits per heavy atom. The second-order valence-electron chi connectivity index (χ2n) is 4.19. The number of carbonyl (C=O) groups is 1. The van der Waals surface area contributed by atoms with Crippen LogP contribution in [0.2, 0.25) is 0 Å². The summed E-state index contributed by atoms with van der Waals surface area (Å²) >= 11 is 0. The van der Waals surface area contributed by atoms with Crippen LogP contribution in [-0.2, 0) is 0 Å². The Balaban J connectivity index is 3.07. The number of benzene rings is 1. The number of rotatable bonds is 8. The number of hydrogen-bond donors (Lipinski definition) is 0. The van der Waals surface area contributed by atoms with E-state index >= 15 is 0 Å². The second kappa shape index (κ2) is 8.25. The molecule has 1 rings (SSSR count). The Morgan fingerprint density at radius 2 is 1.70 bits per heavy atom. The monoisotopic (exact) mass is 277 g/mol. The summed E-state index contributed by atoms with van der Waals surface area (Å²) in [4.78, 5) is 14.2. The molecule has 0 bridgehead atoms. The molecule has 1 aromatic carbocycles. The van der Waals surface area contributed by atoms with Gasteiger partial charge in [-0.15, -0.1) is 6.58 Å². The van der Waals surface area contributed by atoms with E-state index in [1.165, 1.54) is 0 Å². The van der Waals surface area contributed by atoms with Crippen molar-refractivity contribution in [1.29, 1.82) is 0 Å². The van der Waals surface area contributed by atoms with Gasteiger partial charge < -0.3 is 14.4 Å². The Morgan fingerprint density at radius 3 is 2.10 bits per heavy atom. The highest BCUT2D eigenvalue weighted by atomic mass is 16.5. The van der Waals surface area contributed by atoms with Crippen molar-refractivity contribution >= 4 is 5.91 Å². The number of hydrogen-bond acceptors (Lipinski definition) is 3. The highest BCUT2D eigenvalue weighted by Crippen LogP contribution is 2.24. The average molecular weight is 277 g/mol. The van der Waals surface area contributed by atoms with Crippen LogP contribution in [0, 0.1) is 0 Å². The first kappa shape index (κ1) is 16.1. The van der Waals surface area contributed by atoms with Crippen LogP contribution in [0.15, 0.2) is 30.9 Å². The van der Waals surface area contributed by atoms with Crippen LogP contribution >= 0.6 is 0 Å². The number of ether oxygens (including phenoxy) is 2. The number of carbonyl (C=O) groups excluding carboxylic acids is 1. The second-order valence-corrected chi connectivity index (χ2v) is 4.19. The number of amides is 1. The van der Waals surface area contributed by atoms with Gasteiger partial charge in [0.15, 0.2) is 0 Å². The van der Waals surface area contributed by atoms with Crippen molar-refractivity contribution in [3.05, 3.63) is 36.4 Å². The van der Waals surface area contributed by atoms with Crippen LogP contribution in [-0.4, -0.2) is 37.1 Å². The van der Waals surface area contributed by atoms with Gasteiger partial charge in [0.05, 0.1) is 13.2 Å². The zero-order chi connectivity index (χ0) is 15.0. The molecule has 0 fully saturated rings. The molecule has 0 spiro atoms. The topological polar surface area (TPSA) is 38.8 Å². The van der Waals surface area contributed by atoms with E-state index in [0.717, 1.165) is 0 Å². The summed E-state index contributed by atoms with van der Waals surface area (Å²) in [5.41, 5.74) is 0.572. The molecule has 0 saturated carbocycles. The van der Waals surface area contributed by atoms with Gasteiger partial charge in [-0.2, -0.15) is 0 Å². The maximum atomic E-state index is 12.4. The lowest BCUT2D eigenvalue weighted by atomic mass is 10.1. The molecule has 4 nitrogen and oxygen atoms in total. The molecular formula is C16H23NO3. The summed E-state index contributed by atoms with van der Waals surface area (Å²) in [7, 11) is 0. The fraction of sp³-hybridized carbons (Fsp3) is 0.438. The van der Waals surface area contributed by atoms with Crippen LogP contribution < -0.4 is 9.47 Å². The average Bonchev–Trinajstić information content (AvgIpc) is 2.44. The first-order valence-corrected chi connectivity index (χ1v) is 6.97. The molecule has 0 N–H and O–H groups in total. The van der Waals surface area contributed by atoms with E-state index in [9.17, 15) is 4.79 Å². The van der Waals surface area contributed by atoms with E-state index in [1.54, 1.807) is 29.2 Å². The van der Waals surface area contributed by atoms with Gasteiger partial charge in [-0.3, -0.25) is 4.79 Å². The van der Waals surface area contributed by atoms with Crippen molar-refractivity contribution in [2.45, 2.75) is 20.8 Å². The third-order valence-corrected chi connectivity index (χ3v) is 2.77. The minimum absolute atomic E-state index is 0.0464. The molecule has 0 heterocycles. The Hall–Kier alpha value is -1.97. The van der Waals surface area contributed by atoms with Crippen LogP contribution in [0.3, 0.4) is 0 Å². The SMILES string of the molecule is C=CCN(CC)C(=O)c1cc(OCC)cc(OCC)c1. The van der Waals surface area contributed by atoms with Gasteiger partial charge in [-0.25, -0.2) is 0 Å². The van der Waals surface area contributed by atoms with Crippen LogP contribution in [0.4, 0.5) is 0 Å². The van der Waals surface area contributed by atoms with Crippen molar-refractivity contribution in [1.82, 2.24) is 4.90 Å². The quantitative estimate of drug-likeness (QED) is 0.685. The van der Waals surface area contributed by atoms with E-state index in [1.807, 2.05) is 20.8 Å². The molecule has 4 heteroatoms. The third-order valence-electron chi connectivity index (χ3n) is 2.77. The summed E-state index contributed by atoms with van der Waals surface area (Å²) < 4.78 is 11.0. The van der Waals surface area contributed by atoms with E-state index in [4.69, 9.17) is 9.47 Å². The Labute approximate surface area is 121 Å². The normalized spacial score (nSPS) is 9.95. The fourth-order valence-corrected chi connectivity index (χ4v) is 1.89. The summed E-state index contributed by atoms with van der Waals surface area (Å²) in [6, 6.07) is 5.30. The summed E-state index contributed by atoms with van der Waals surface area (Å²) in [5, 5.41) is 0. The molecule has 0 unspecified atom stereocenters. The zero-order valence-corrected chi connectivity index (χ0v) is 12.5. The van der Waals surface area contributed by atoms with Crippen molar-refractivity contribution in [2.24, 2.45) is 0 Å². The lowest BCUT2D eigenvalue weighted by Gasteiger charge is -2.20. The minimum atomic E-state index is -0.0464. The molecule has 20 heavy (non-hydrogen) atoms. The lowest BCUT2D eigenvalue weighted by molar-refractivity contribution is 0.0781. The molecule has 0 saturated heterocycles. The number of likely N-dealkylation sites (N-methyl/N-ethyl adjacent to an activating group) is 1. The molecule has 0 atom stereocenters. The standard InChI is InChI=1S/C16H23NO3/c1-5-9-17(6-2)16(18)13-10-14(19-7-3)12-15(11-13)20-8-4/h5,10-12H,1,6-9H2,2-4H3. The first-order chi connectivity index (χ1) is 9.65. The van der Waals surface area contributed by atoms with Crippen molar-refractivity contribution < 1.29 is 14.3 Å². The van der Waals surface area contributed by atoms with Crippen LogP contribution in [0.25, 0.3) is 0 Å². The molecule has 1 aromatic rings. The van der Waals surface area contributed by atoms with E-state index in [0.29, 0.717) is 43.4 Å². The third kappa shape index (κ3) is 4.30. The van der Waals surface area contributed by atoms with Gasteiger partial charge in [0.2, 0.25) is 0 Å². The van der Waals surface area contributed by atoms with Crippen molar-refractivity contribution in [2.75, 3.05) is 26.3 Å². The van der Waals surface area contributed by atoms with Gasteiger partial charge in [0.1, 0.15) is 11.5 Å². The lowest BCUT2D eigenvalue weighted by Crippen LogP contribution is -2.30. The van der Waals surface area contributed by atoms with Gasteiger partial charge in [0, 0.05) is 24.7 Å². The zero-order valence-electron chi connectivity index (χ0n) is 12.5. The molecule has 0 aromatic heterocycles. The van der Waals surface area contributed by atoms with E-state index in [2.05, 4.69) is 6.58 Å². The summed E-state index contributed by atoms with van der Waals surface area (Å²) in [6.07, 6.45) is 1.72. The van der Waals surface area contributed by atoms with E-state index in [-0.39, 0.29) is 5.91 Å². The summed E-state index contributed by atoms with van der Waals surface area (Å²) in [5.74, 6) is 1.25. The maximum Gasteiger partial charge on any atom is 0.254 e. The first-order valence-electron chi connectivity index (χ1n) is 6.97.